The number of carbonyl (C=O) groups is 2. The lowest BCUT2D eigenvalue weighted by Crippen LogP contribution is -2.14. The van der Waals surface area contributed by atoms with Crippen molar-refractivity contribution < 1.29 is 28.9 Å². The molecule has 0 unspecified atom stereocenters. The number of nitrogens with zero attached hydrogens (tertiary/aromatic N) is 2. The van der Waals surface area contributed by atoms with E-state index < -0.39 is 0 Å². The predicted molar refractivity (Wildman–Crippen MR) is 103 cm³/mol. The van der Waals surface area contributed by atoms with E-state index in [-0.39, 0.29) is 24.3 Å². The molecule has 0 saturated heterocycles. The third-order valence-electron chi connectivity index (χ3n) is 2.36. The first-order valence-corrected chi connectivity index (χ1v) is 9.14. The van der Waals surface area contributed by atoms with Crippen LogP contribution in [0.5, 0.6) is 11.5 Å². The molecular formula is C18H23BrN2O6. The Labute approximate surface area is 166 Å². The molecule has 0 amide bonds. The Morgan fingerprint density at radius 1 is 1.00 bits per heavy atom. The second kappa shape index (κ2) is 16.8. The molecule has 0 spiro atoms. The van der Waals surface area contributed by atoms with Gasteiger partial charge in [0.2, 0.25) is 0 Å². The molecule has 0 atom stereocenters. The number of hydrogen-bond donors (Lipinski definition) is 1. The topological polar surface area (TPSA) is 108 Å². The molecule has 0 aliphatic rings. The number of alkyl halides is 1. The maximum absolute atomic E-state index is 10.8. The zero-order valence-electron chi connectivity index (χ0n) is 15.2. The van der Waals surface area contributed by atoms with Crippen molar-refractivity contribution in [1.29, 1.82) is 0 Å². The Morgan fingerprint density at radius 2 is 1.59 bits per heavy atom. The van der Waals surface area contributed by atoms with Gasteiger partial charge in [-0.3, -0.25) is 14.8 Å². The van der Waals surface area contributed by atoms with Gasteiger partial charge >= 0.3 is 11.9 Å². The molecule has 2 aromatic rings. The fraction of sp³-hybridized carbons (Fsp3) is 0.333. The number of hydrogen-bond acceptors (Lipinski definition) is 8. The molecule has 0 saturated carbocycles. The summed E-state index contributed by atoms with van der Waals surface area (Å²) in [4.78, 5) is 28.5. The van der Waals surface area contributed by atoms with Gasteiger partial charge in [-0.25, -0.2) is 4.79 Å². The van der Waals surface area contributed by atoms with Gasteiger partial charge in [0.15, 0.2) is 6.61 Å². The van der Waals surface area contributed by atoms with Gasteiger partial charge in [-0.2, -0.15) is 0 Å². The number of carbonyl (C=O) groups excluding carboxylic acids is 2. The molecule has 1 N–H and O–H groups in total. The summed E-state index contributed by atoms with van der Waals surface area (Å²) in [5.41, 5.74) is 0. The molecule has 2 rings (SSSR count). The molecule has 8 nitrogen and oxygen atoms in total. The van der Waals surface area contributed by atoms with Crippen LogP contribution in [0.3, 0.4) is 0 Å². The molecule has 9 heteroatoms. The highest BCUT2D eigenvalue weighted by molar-refractivity contribution is 9.09. The highest BCUT2D eigenvalue weighted by Gasteiger charge is 2.01. The van der Waals surface area contributed by atoms with Crippen molar-refractivity contribution in [2.24, 2.45) is 0 Å². The van der Waals surface area contributed by atoms with E-state index in [0.29, 0.717) is 24.3 Å². The van der Waals surface area contributed by atoms with Crippen LogP contribution >= 0.6 is 15.9 Å². The molecular weight excluding hydrogens is 420 g/mol. The molecule has 0 fully saturated rings. The summed E-state index contributed by atoms with van der Waals surface area (Å²) < 4.78 is 14.3. The van der Waals surface area contributed by atoms with Crippen LogP contribution < -0.4 is 4.74 Å². The van der Waals surface area contributed by atoms with Gasteiger partial charge in [0.05, 0.1) is 25.6 Å². The Hall–Kier alpha value is -2.68. The third-order valence-corrected chi connectivity index (χ3v) is 2.81. The molecule has 0 aromatic carbocycles. The summed E-state index contributed by atoms with van der Waals surface area (Å²) in [7, 11) is 0. The van der Waals surface area contributed by atoms with Crippen molar-refractivity contribution in [3.8, 4) is 11.5 Å². The third kappa shape index (κ3) is 15.3. The van der Waals surface area contributed by atoms with E-state index >= 15 is 0 Å². The average molecular weight is 443 g/mol. The van der Waals surface area contributed by atoms with Crippen molar-refractivity contribution in [3.05, 3.63) is 49.1 Å². The molecule has 27 heavy (non-hydrogen) atoms. The fourth-order valence-electron chi connectivity index (χ4n) is 1.33. The molecule has 0 aliphatic heterocycles. The average Bonchev–Trinajstić information content (AvgIpc) is 2.69. The van der Waals surface area contributed by atoms with Crippen molar-refractivity contribution in [2.75, 3.05) is 25.2 Å². The Morgan fingerprint density at radius 3 is 1.96 bits per heavy atom. The first kappa shape index (κ1) is 24.3. The van der Waals surface area contributed by atoms with Crippen LogP contribution in [-0.2, 0) is 19.1 Å². The molecule has 0 aliphatic carbocycles. The van der Waals surface area contributed by atoms with Crippen molar-refractivity contribution in [2.45, 2.75) is 13.8 Å². The number of ether oxygens (including phenoxy) is 3. The summed E-state index contributed by atoms with van der Waals surface area (Å²) >= 11 is 2.94. The standard InChI is InChI=1S/C9H11NO3.C5H5NO.C4H7BrO2/c1-2-12-9(11)7-13-8-4-3-5-10-6-8;7-5-2-1-3-6-4-5;1-2-7-4(6)3-5/h3-6H,2,7H2,1H3;1-4,7H;2-3H2,1H3. The molecule has 2 aromatic heterocycles. The molecule has 148 valence electrons. The minimum atomic E-state index is -0.369. The minimum Gasteiger partial charge on any atom is -0.506 e. The second-order valence-corrected chi connectivity index (χ2v) is 4.99. The number of aromatic hydroxyl groups is 1. The van der Waals surface area contributed by atoms with Gasteiger partial charge in [0.1, 0.15) is 16.8 Å². The summed E-state index contributed by atoms with van der Waals surface area (Å²) in [6.45, 7) is 4.29. The second-order valence-electron chi connectivity index (χ2n) is 4.43. The summed E-state index contributed by atoms with van der Waals surface area (Å²) in [6.07, 6.45) is 6.18. The highest BCUT2D eigenvalue weighted by atomic mass is 79.9. The van der Waals surface area contributed by atoms with Crippen molar-refractivity contribution in [1.82, 2.24) is 9.97 Å². The normalized spacial score (nSPS) is 8.85. The van der Waals surface area contributed by atoms with Gasteiger partial charge in [-0.05, 0) is 38.1 Å². The lowest BCUT2D eigenvalue weighted by molar-refractivity contribution is -0.145. The van der Waals surface area contributed by atoms with E-state index in [1.807, 2.05) is 0 Å². The zero-order chi connectivity index (χ0) is 20.3. The fourth-order valence-corrected chi connectivity index (χ4v) is 1.49. The maximum Gasteiger partial charge on any atom is 0.344 e. The van der Waals surface area contributed by atoms with Gasteiger partial charge in [0.25, 0.3) is 0 Å². The van der Waals surface area contributed by atoms with E-state index in [1.165, 1.54) is 6.20 Å². The van der Waals surface area contributed by atoms with Crippen LogP contribution in [0.4, 0.5) is 0 Å². The number of aromatic nitrogens is 2. The van der Waals surface area contributed by atoms with Crippen molar-refractivity contribution in [3.63, 3.8) is 0 Å². The summed E-state index contributed by atoms with van der Waals surface area (Å²) in [5, 5.41) is 8.86. The monoisotopic (exact) mass is 442 g/mol. The quantitative estimate of drug-likeness (QED) is 0.537. The lowest BCUT2D eigenvalue weighted by Gasteiger charge is -2.03. The van der Waals surface area contributed by atoms with Gasteiger partial charge in [0, 0.05) is 12.4 Å². The Kier molecular flexibility index (Phi) is 15.1. The van der Waals surface area contributed by atoms with Gasteiger partial charge < -0.3 is 19.3 Å². The lowest BCUT2D eigenvalue weighted by atomic mass is 10.5. The van der Waals surface area contributed by atoms with Crippen LogP contribution in [0, 0.1) is 0 Å². The maximum atomic E-state index is 10.8. The van der Waals surface area contributed by atoms with Gasteiger partial charge in [-0.1, -0.05) is 15.9 Å². The van der Waals surface area contributed by atoms with E-state index in [1.54, 1.807) is 56.7 Å². The van der Waals surface area contributed by atoms with E-state index in [9.17, 15) is 9.59 Å². The number of rotatable bonds is 6. The predicted octanol–water partition coefficient (Wildman–Crippen LogP) is 2.76. The minimum absolute atomic E-state index is 0.0699. The smallest absolute Gasteiger partial charge is 0.344 e. The molecule has 0 bridgehead atoms. The van der Waals surface area contributed by atoms with Crippen molar-refractivity contribution >= 4 is 27.9 Å². The number of halogens is 1. The van der Waals surface area contributed by atoms with E-state index in [0.717, 1.165) is 0 Å². The first-order valence-electron chi connectivity index (χ1n) is 8.02. The van der Waals surface area contributed by atoms with Crippen LogP contribution in [0.15, 0.2) is 49.1 Å². The molecule has 2 heterocycles. The molecule has 0 radical (unpaired) electrons. The zero-order valence-corrected chi connectivity index (χ0v) is 16.8. The highest BCUT2D eigenvalue weighted by Crippen LogP contribution is 2.05. The SMILES string of the molecule is CCOC(=O)CBr.CCOC(=O)COc1cccnc1.Oc1cccnc1. The summed E-state index contributed by atoms with van der Waals surface area (Å²) in [5.74, 6) is 0.201. The van der Waals surface area contributed by atoms with Crippen LogP contribution in [0.1, 0.15) is 13.8 Å². The van der Waals surface area contributed by atoms with Crippen LogP contribution in [0.25, 0.3) is 0 Å². The van der Waals surface area contributed by atoms with E-state index in [4.69, 9.17) is 9.84 Å². The van der Waals surface area contributed by atoms with Gasteiger partial charge in [-0.15, -0.1) is 0 Å². The largest absolute Gasteiger partial charge is 0.506 e. The first-order chi connectivity index (χ1) is 13.0. The van der Waals surface area contributed by atoms with Crippen LogP contribution in [-0.4, -0.2) is 52.2 Å². The summed E-state index contributed by atoms with van der Waals surface area (Å²) in [6, 6.07) is 6.72. The van der Waals surface area contributed by atoms with E-state index in [2.05, 4.69) is 35.4 Å². The Balaban J connectivity index is 0.000000410. The van der Waals surface area contributed by atoms with Crippen LogP contribution in [0.2, 0.25) is 0 Å². The number of pyridine rings is 2. The number of esters is 2. The Bertz CT molecular complexity index is 628.